The lowest BCUT2D eigenvalue weighted by Gasteiger charge is -2.24. The van der Waals surface area contributed by atoms with Crippen LogP contribution >= 0.6 is 0 Å². The molecule has 1 aliphatic rings. The van der Waals surface area contributed by atoms with Crippen LogP contribution < -0.4 is 5.32 Å². The van der Waals surface area contributed by atoms with Gasteiger partial charge in [-0.2, -0.15) is 0 Å². The minimum Gasteiger partial charge on any atom is -0.448 e. The average Bonchev–Trinajstić information content (AvgIpc) is 3.11. The Labute approximate surface area is 170 Å². The van der Waals surface area contributed by atoms with Crippen molar-refractivity contribution in [2.75, 3.05) is 26.2 Å². The number of nitrogens with zero attached hydrogens (tertiary/aromatic N) is 3. The molecule has 29 heavy (non-hydrogen) atoms. The quantitative estimate of drug-likeness (QED) is 0.804. The molecule has 1 N–H and O–H groups in total. The Bertz CT molecular complexity index is 918. The predicted octanol–water partition coefficient (Wildman–Crippen LogP) is 3.82. The first-order valence-corrected chi connectivity index (χ1v) is 9.78. The Morgan fingerprint density at radius 2 is 2.24 bits per heavy atom. The highest BCUT2D eigenvalue weighted by Crippen LogP contribution is 2.12. The molecule has 0 aliphatic carbocycles. The molecule has 2 aromatic rings. The highest BCUT2D eigenvalue weighted by atomic mass is 19.1. The van der Waals surface area contributed by atoms with Crippen molar-refractivity contribution >= 4 is 17.1 Å². The molecule has 0 fully saturated rings. The second-order valence-corrected chi connectivity index (χ2v) is 7.21. The minimum atomic E-state index is -0.446. The maximum Gasteiger partial charge on any atom is 0.407 e. The molecule has 1 atom stereocenters. The third-order valence-electron chi connectivity index (χ3n) is 4.72. The number of fused-ring (bicyclic) bond motifs is 1. The molecule has 1 aliphatic heterocycles. The van der Waals surface area contributed by atoms with Crippen molar-refractivity contribution in [3.05, 3.63) is 66.8 Å². The standard InChI is InChI=1S/C22H27FN4O2/c1-17-9-11-26(10-5-6-19(23)14-17)15-18(2)25-22(28)29-13-12-27-16-24-20-7-3-4-8-21(20)27/h3-8,14,16,18H,1,9-13,15H2,2H3,(H,25,28)/b6-5-,19-14+. The molecule has 2 heterocycles. The number of rotatable bonds is 6. The lowest BCUT2D eigenvalue weighted by Crippen LogP contribution is -2.42. The van der Waals surface area contributed by atoms with E-state index in [1.807, 2.05) is 35.8 Å². The first-order chi connectivity index (χ1) is 14.0. The van der Waals surface area contributed by atoms with Crippen LogP contribution in [0.5, 0.6) is 0 Å². The summed E-state index contributed by atoms with van der Waals surface area (Å²) in [6.07, 6.45) is 6.69. The molecule has 1 aromatic carbocycles. The second kappa shape index (κ2) is 10.0. The van der Waals surface area contributed by atoms with Gasteiger partial charge in [0.25, 0.3) is 0 Å². The average molecular weight is 398 g/mol. The Balaban J connectivity index is 1.42. The van der Waals surface area contributed by atoms with Gasteiger partial charge in [0.1, 0.15) is 12.4 Å². The van der Waals surface area contributed by atoms with E-state index in [4.69, 9.17) is 4.74 Å². The summed E-state index contributed by atoms with van der Waals surface area (Å²) in [6, 6.07) is 7.73. The molecule has 6 nitrogen and oxygen atoms in total. The first-order valence-electron chi connectivity index (χ1n) is 9.78. The molecule has 1 aromatic heterocycles. The van der Waals surface area contributed by atoms with Gasteiger partial charge in [-0.1, -0.05) is 30.4 Å². The van der Waals surface area contributed by atoms with Crippen LogP contribution in [0.4, 0.5) is 9.18 Å². The number of imidazole rings is 1. The van der Waals surface area contributed by atoms with Crippen LogP contribution in [0.25, 0.3) is 11.0 Å². The number of ether oxygens (including phenoxy) is 1. The van der Waals surface area contributed by atoms with E-state index in [0.717, 1.165) is 23.2 Å². The highest BCUT2D eigenvalue weighted by Gasteiger charge is 2.14. The fourth-order valence-electron chi connectivity index (χ4n) is 3.29. The van der Waals surface area contributed by atoms with Gasteiger partial charge < -0.3 is 14.6 Å². The van der Waals surface area contributed by atoms with Crippen molar-refractivity contribution in [2.24, 2.45) is 0 Å². The van der Waals surface area contributed by atoms with Crippen LogP contribution in [-0.2, 0) is 11.3 Å². The summed E-state index contributed by atoms with van der Waals surface area (Å²) in [5.41, 5.74) is 2.69. The normalized spacial score (nSPS) is 19.5. The number of carbonyl (C=O) groups is 1. The Morgan fingerprint density at radius 3 is 3.10 bits per heavy atom. The Hall–Kier alpha value is -2.93. The fourth-order valence-corrected chi connectivity index (χ4v) is 3.29. The van der Waals surface area contributed by atoms with Crippen LogP contribution in [-0.4, -0.2) is 52.8 Å². The van der Waals surface area contributed by atoms with Gasteiger partial charge in [0.15, 0.2) is 0 Å². The molecular formula is C22H27FN4O2. The van der Waals surface area contributed by atoms with Crippen molar-refractivity contribution in [3.63, 3.8) is 0 Å². The summed E-state index contributed by atoms with van der Waals surface area (Å²) in [5.74, 6) is -0.280. The minimum absolute atomic E-state index is 0.100. The van der Waals surface area contributed by atoms with Gasteiger partial charge in [0, 0.05) is 25.7 Å². The van der Waals surface area contributed by atoms with Crippen molar-refractivity contribution in [2.45, 2.75) is 25.9 Å². The van der Waals surface area contributed by atoms with E-state index < -0.39 is 6.09 Å². The van der Waals surface area contributed by atoms with E-state index in [9.17, 15) is 9.18 Å². The van der Waals surface area contributed by atoms with E-state index in [1.165, 1.54) is 12.2 Å². The van der Waals surface area contributed by atoms with Crippen LogP contribution in [0.3, 0.4) is 0 Å². The molecule has 1 amide bonds. The summed E-state index contributed by atoms with van der Waals surface area (Å²) < 4.78 is 20.8. The lowest BCUT2D eigenvalue weighted by atomic mass is 10.2. The fraction of sp³-hybridized carbons (Fsp3) is 0.364. The van der Waals surface area contributed by atoms with Crippen LogP contribution in [0, 0.1) is 0 Å². The molecule has 154 valence electrons. The SMILES string of the molecule is C=C1/C=C(F)\C=C/CN(CC(C)NC(=O)OCCn2cnc3ccccc32)CC1. The van der Waals surface area contributed by atoms with Crippen molar-refractivity contribution in [1.82, 2.24) is 19.8 Å². The van der Waals surface area contributed by atoms with Gasteiger partial charge in [0.05, 0.1) is 23.9 Å². The number of alkyl carbamates (subject to hydrolysis) is 1. The van der Waals surface area contributed by atoms with E-state index >= 15 is 0 Å². The molecule has 0 bridgehead atoms. The third kappa shape index (κ3) is 6.29. The van der Waals surface area contributed by atoms with Gasteiger partial charge in [0.2, 0.25) is 0 Å². The van der Waals surface area contributed by atoms with Crippen LogP contribution in [0.1, 0.15) is 13.3 Å². The summed E-state index contributed by atoms with van der Waals surface area (Å²) in [4.78, 5) is 18.6. The first kappa shape index (κ1) is 20.8. The topological polar surface area (TPSA) is 59.4 Å². The molecule has 0 saturated carbocycles. The molecule has 0 spiro atoms. The number of benzene rings is 1. The molecule has 1 unspecified atom stereocenters. The zero-order valence-corrected chi connectivity index (χ0v) is 16.7. The zero-order valence-electron chi connectivity index (χ0n) is 16.7. The predicted molar refractivity (Wildman–Crippen MR) is 112 cm³/mol. The molecule has 0 radical (unpaired) electrons. The van der Waals surface area contributed by atoms with Crippen molar-refractivity contribution in [1.29, 1.82) is 0 Å². The summed E-state index contributed by atoms with van der Waals surface area (Å²) in [7, 11) is 0. The molecule has 3 rings (SSSR count). The number of allylic oxidation sites excluding steroid dienone is 3. The van der Waals surface area contributed by atoms with Crippen LogP contribution in [0.2, 0.25) is 0 Å². The number of hydrogen-bond acceptors (Lipinski definition) is 4. The number of carbonyl (C=O) groups excluding carboxylic acids is 1. The summed E-state index contributed by atoms with van der Waals surface area (Å²) in [6.45, 7) is 8.60. The van der Waals surface area contributed by atoms with Crippen LogP contribution in [0.15, 0.2) is 66.8 Å². The highest BCUT2D eigenvalue weighted by molar-refractivity contribution is 5.74. The zero-order chi connectivity index (χ0) is 20.6. The summed E-state index contributed by atoms with van der Waals surface area (Å²) >= 11 is 0. The number of para-hydroxylation sites is 2. The van der Waals surface area contributed by atoms with Crippen molar-refractivity contribution in [3.8, 4) is 0 Å². The Kier molecular flexibility index (Phi) is 7.19. The lowest BCUT2D eigenvalue weighted by molar-refractivity contribution is 0.136. The molecule has 7 heteroatoms. The summed E-state index contributed by atoms with van der Waals surface area (Å²) in [5, 5.41) is 2.85. The largest absolute Gasteiger partial charge is 0.448 e. The second-order valence-electron chi connectivity index (χ2n) is 7.21. The van der Waals surface area contributed by atoms with E-state index in [-0.39, 0.29) is 18.5 Å². The number of hydrogen-bond donors (Lipinski definition) is 1. The maximum atomic E-state index is 13.5. The van der Waals surface area contributed by atoms with Gasteiger partial charge in [-0.05, 0) is 37.6 Å². The molecular weight excluding hydrogens is 371 g/mol. The third-order valence-corrected chi connectivity index (χ3v) is 4.72. The maximum absolute atomic E-state index is 13.5. The van der Waals surface area contributed by atoms with E-state index in [0.29, 0.717) is 26.1 Å². The van der Waals surface area contributed by atoms with Gasteiger partial charge in [-0.15, -0.1) is 0 Å². The number of amides is 1. The van der Waals surface area contributed by atoms with E-state index in [1.54, 1.807) is 12.4 Å². The molecule has 0 saturated heterocycles. The smallest absolute Gasteiger partial charge is 0.407 e. The number of nitrogens with one attached hydrogen (secondary N) is 1. The van der Waals surface area contributed by atoms with Gasteiger partial charge in [-0.3, -0.25) is 4.90 Å². The van der Waals surface area contributed by atoms with Gasteiger partial charge >= 0.3 is 6.09 Å². The Morgan fingerprint density at radius 1 is 1.41 bits per heavy atom. The number of aromatic nitrogens is 2. The van der Waals surface area contributed by atoms with Gasteiger partial charge in [-0.25, -0.2) is 14.2 Å². The monoisotopic (exact) mass is 398 g/mol. The van der Waals surface area contributed by atoms with Crippen molar-refractivity contribution < 1.29 is 13.9 Å². The number of halogens is 1. The van der Waals surface area contributed by atoms with E-state index in [2.05, 4.69) is 21.8 Å².